The Kier molecular flexibility index (Phi) is 3.72. The summed E-state index contributed by atoms with van der Waals surface area (Å²) in [4.78, 5) is 18.1. The highest BCUT2D eigenvalue weighted by molar-refractivity contribution is 5.95. The number of aromatic nitrogens is 5. The van der Waals surface area contributed by atoms with Crippen LogP contribution in [0.15, 0.2) is 30.6 Å². The molecule has 0 bridgehead atoms. The predicted octanol–water partition coefficient (Wildman–Crippen LogP) is 3.41. The van der Waals surface area contributed by atoms with Crippen LogP contribution in [0.4, 0.5) is 19.5 Å². The van der Waals surface area contributed by atoms with Gasteiger partial charge in [0.25, 0.3) is 0 Å². The summed E-state index contributed by atoms with van der Waals surface area (Å²) in [5.41, 5.74) is 2.64. The van der Waals surface area contributed by atoms with Crippen LogP contribution >= 0.6 is 0 Å². The molecule has 0 radical (unpaired) electrons. The number of nitrogens with zero attached hydrogens (tertiary/aromatic N) is 4. The Morgan fingerprint density at radius 2 is 2.27 bits per heavy atom. The molecule has 0 aliphatic rings. The normalized spacial score (nSPS) is 11.2. The van der Waals surface area contributed by atoms with Crippen molar-refractivity contribution in [2.24, 2.45) is 0 Å². The Morgan fingerprint density at radius 3 is 3.04 bits per heavy atom. The summed E-state index contributed by atoms with van der Waals surface area (Å²) < 4.78 is 27.7. The number of imidazole rings is 1. The van der Waals surface area contributed by atoms with Gasteiger partial charge in [-0.15, -0.1) is 0 Å². The molecular formula is C16H12F2N6O2. The summed E-state index contributed by atoms with van der Waals surface area (Å²) in [5.74, 6) is -0.277. The van der Waals surface area contributed by atoms with Crippen LogP contribution in [0.2, 0.25) is 0 Å². The van der Waals surface area contributed by atoms with Crippen LogP contribution in [0, 0.1) is 5.82 Å². The van der Waals surface area contributed by atoms with E-state index in [1.165, 1.54) is 16.8 Å². The van der Waals surface area contributed by atoms with Crippen molar-refractivity contribution >= 4 is 28.5 Å². The van der Waals surface area contributed by atoms with E-state index >= 15 is 0 Å². The molecule has 8 nitrogen and oxygen atoms in total. The average Bonchev–Trinajstić information content (AvgIpc) is 3.25. The smallest absolute Gasteiger partial charge is 0.278 e. The number of rotatable bonds is 3. The average molecular weight is 358 g/mol. The molecule has 0 aliphatic carbocycles. The molecule has 3 heterocycles. The molecule has 0 atom stereocenters. The van der Waals surface area contributed by atoms with E-state index in [1.807, 2.05) is 6.92 Å². The van der Waals surface area contributed by atoms with Crippen molar-refractivity contribution < 1.29 is 18.7 Å². The number of amides is 1. The zero-order valence-corrected chi connectivity index (χ0v) is 13.5. The number of carbonyl (C=O) groups is 1. The minimum absolute atomic E-state index is 0.0701. The summed E-state index contributed by atoms with van der Waals surface area (Å²) in [6.45, 7) is 1.86. The number of hydrogen-bond donors (Lipinski definition) is 2. The van der Waals surface area contributed by atoms with E-state index in [1.54, 1.807) is 18.3 Å². The van der Waals surface area contributed by atoms with Crippen molar-refractivity contribution in [1.29, 1.82) is 0 Å². The molecule has 1 amide bonds. The van der Waals surface area contributed by atoms with Crippen LogP contribution in [-0.4, -0.2) is 30.9 Å². The van der Waals surface area contributed by atoms with Gasteiger partial charge in [-0.3, -0.25) is 10.4 Å². The topological polar surface area (TPSA) is 97.2 Å². The lowest BCUT2D eigenvalue weighted by Crippen LogP contribution is -2.09. The highest BCUT2D eigenvalue weighted by Crippen LogP contribution is 2.32. The fourth-order valence-corrected chi connectivity index (χ4v) is 2.94. The number of hydrogen-bond acceptors (Lipinski definition) is 5. The van der Waals surface area contributed by atoms with Crippen LogP contribution in [0.25, 0.3) is 27.8 Å². The van der Waals surface area contributed by atoms with E-state index in [-0.39, 0.29) is 11.6 Å². The number of aromatic amines is 1. The molecule has 3 aromatic heterocycles. The summed E-state index contributed by atoms with van der Waals surface area (Å²) in [7, 11) is 0. The lowest BCUT2D eigenvalue weighted by Gasteiger charge is -2.10. The first-order chi connectivity index (χ1) is 12.6. The Hall–Kier alpha value is -3.56. The molecule has 26 heavy (non-hydrogen) atoms. The monoisotopic (exact) mass is 358 g/mol. The first kappa shape index (κ1) is 15.9. The first-order valence-electron chi connectivity index (χ1n) is 7.71. The number of halogens is 2. The van der Waals surface area contributed by atoms with Gasteiger partial charge in [0, 0.05) is 15.5 Å². The van der Waals surface area contributed by atoms with E-state index in [9.17, 15) is 13.7 Å². The van der Waals surface area contributed by atoms with Gasteiger partial charge in [-0.25, -0.2) is 23.6 Å². The first-order valence-corrected chi connectivity index (χ1v) is 7.71. The summed E-state index contributed by atoms with van der Waals surface area (Å²) in [5, 5.41) is 14.0. The molecule has 4 rings (SSSR count). The van der Waals surface area contributed by atoms with Crippen molar-refractivity contribution in [3.05, 3.63) is 42.0 Å². The maximum atomic E-state index is 14.5. The predicted molar refractivity (Wildman–Crippen MR) is 88.6 cm³/mol. The van der Waals surface area contributed by atoms with Crippen molar-refractivity contribution in [3.63, 3.8) is 0 Å². The lowest BCUT2D eigenvalue weighted by atomic mass is 9.97. The summed E-state index contributed by atoms with van der Waals surface area (Å²) in [6, 6.07) is 4.76. The second-order valence-corrected chi connectivity index (χ2v) is 5.53. The molecule has 0 saturated carbocycles. The van der Waals surface area contributed by atoms with Gasteiger partial charge >= 0.3 is 6.09 Å². The van der Waals surface area contributed by atoms with E-state index in [0.29, 0.717) is 34.4 Å². The fourth-order valence-electron chi connectivity index (χ4n) is 2.94. The molecule has 0 saturated heterocycles. The number of carbonyl (C=O) groups excluding carboxylic acids is 1. The van der Waals surface area contributed by atoms with Gasteiger partial charge in [-0.1, -0.05) is 6.92 Å². The van der Waals surface area contributed by atoms with Crippen molar-refractivity contribution in [2.75, 3.05) is 5.32 Å². The van der Waals surface area contributed by atoms with Crippen LogP contribution < -0.4 is 5.32 Å². The van der Waals surface area contributed by atoms with Crippen molar-refractivity contribution in [1.82, 2.24) is 24.8 Å². The minimum atomic E-state index is -1.29. The number of anilines is 1. The quantitative estimate of drug-likeness (QED) is 0.585. The minimum Gasteiger partial charge on any atom is -0.278 e. The standard InChI is InChI=1S/C16H12F2N6O2/c1-2-8-10(17)5-12-9(6-19-22-12)15(8)11-3-4-14-20-13(7-24(14)23-11)21-16(25)26-18/h3-7H,2H2,1H3,(H,19,22)(H,21,25). The second-order valence-electron chi connectivity index (χ2n) is 5.53. The molecule has 0 spiro atoms. The summed E-state index contributed by atoms with van der Waals surface area (Å²) in [6.07, 6.45) is 2.20. The van der Waals surface area contributed by atoms with Gasteiger partial charge in [0.1, 0.15) is 5.82 Å². The fraction of sp³-hybridized carbons (Fsp3) is 0.125. The van der Waals surface area contributed by atoms with E-state index in [4.69, 9.17) is 0 Å². The molecule has 10 heteroatoms. The number of H-pyrrole nitrogens is 1. The third kappa shape index (κ3) is 2.51. The van der Waals surface area contributed by atoms with Crippen LogP contribution in [0.3, 0.4) is 0 Å². The Labute approximate surface area is 144 Å². The van der Waals surface area contributed by atoms with Gasteiger partial charge in [0.15, 0.2) is 11.5 Å². The molecule has 0 unspecified atom stereocenters. The third-order valence-corrected chi connectivity index (χ3v) is 4.03. The SMILES string of the molecule is CCc1c(F)cc2[nH]ncc2c1-c1ccc2nc(NC(=O)OF)cn2n1. The van der Waals surface area contributed by atoms with Gasteiger partial charge in [0.2, 0.25) is 0 Å². The Balaban J connectivity index is 1.88. The van der Waals surface area contributed by atoms with E-state index < -0.39 is 6.09 Å². The van der Waals surface area contributed by atoms with Gasteiger partial charge in [0.05, 0.1) is 23.6 Å². The van der Waals surface area contributed by atoms with Crippen LogP contribution in [0.5, 0.6) is 0 Å². The highest BCUT2D eigenvalue weighted by atomic mass is 19.3. The highest BCUT2D eigenvalue weighted by Gasteiger charge is 2.17. The van der Waals surface area contributed by atoms with Crippen LogP contribution in [0.1, 0.15) is 12.5 Å². The van der Waals surface area contributed by atoms with Crippen molar-refractivity contribution in [2.45, 2.75) is 13.3 Å². The number of fused-ring (bicyclic) bond motifs is 2. The van der Waals surface area contributed by atoms with E-state index in [0.717, 1.165) is 5.39 Å². The Morgan fingerprint density at radius 1 is 1.42 bits per heavy atom. The molecule has 0 fully saturated rings. The molecule has 0 aliphatic heterocycles. The molecular weight excluding hydrogens is 346 g/mol. The van der Waals surface area contributed by atoms with Gasteiger partial charge in [-0.05, 0) is 30.2 Å². The zero-order valence-electron chi connectivity index (χ0n) is 13.5. The number of nitrogens with one attached hydrogen (secondary N) is 2. The Bertz CT molecular complexity index is 1140. The zero-order chi connectivity index (χ0) is 18.3. The lowest BCUT2D eigenvalue weighted by molar-refractivity contribution is -0.0544. The van der Waals surface area contributed by atoms with E-state index in [2.05, 4.69) is 30.5 Å². The maximum absolute atomic E-state index is 14.5. The molecule has 132 valence electrons. The number of benzene rings is 1. The third-order valence-electron chi connectivity index (χ3n) is 4.03. The van der Waals surface area contributed by atoms with Crippen molar-refractivity contribution in [3.8, 4) is 11.3 Å². The molecule has 4 aromatic rings. The maximum Gasteiger partial charge on any atom is 0.450 e. The second kappa shape index (κ2) is 6.06. The molecule has 1 aromatic carbocycles. The van der Waals surface area contributed by atoms with Gasteiger partial charge in [-0.2, -0.15) is 10.2 Å². The largest absolute Gasteiger partial charge is 0.450 e. The van der Waals surface area contributed by atoms with Gasteiger partial charge < -0.3 is 0 Å². The summed E-state index contributed by atoms with van der Waals surface area (Å²) >= 11 is 0. The van der Waals surface area contributed by atoms with Crippen LogP contribution in [-0.2, 0) is 11.4 Å². The molecule has 2 N–H and O–H groups in total.